The molecule has 5 atom stereocenters. The molecule has 0 bridgehead atoms. The van der Waals surface area contributed by atoms with E-state index in [4.69, 9.17) is 0 Å². The zero-order valence-electron chi connectivity index (χ0n) is 24.7. The smallest absolute Gasteiger partial charge is 0.189 e. The summed E-state index contributed by atoms with van der Waals surface area (Å²) in [7, 11) is 0. The Balaban J connectivity index is 1.75. The van der Waals surface area contributed by atoms with Gasteiger partial charge in [0, 0.05) is 34.0 Å². The molecule has 3 aliphatic carbocycles. The maximum absolute atomic E-state index is 14.4. The first kappa shape index (κ1) is 28.3. The molecule has 0 aliphatic heterocycles. The molecule has 0 spiro atoms. The molecule has 204 valence electrons. The molecular weight excluding hydrogens is 466 g/mol. The summed E-state index contributed by atoms with van der Waals surface area (Å²) in [6, 6.07) is 2.21. The lowest BCUT2D eigenvalue weighted by Crippen LogP contribution is -2.48. The predicted molar refractivity (Wildman–Crippen MR) is 159 cm³/mol. The highest BCUT2D eigenvalue weighted by atomic mass is 16.1. The summed E-state index contributed by atoms with van der Waals surface area (Å²) in [4.78, 5) is 28.1. The van der Waals surface area contributed by atoms with Crippen LogP contribution in [0.3, 0.4) is 0 Å². The quantitative estimate of drug-likeness (QED) is 0.335. The molecule has 4 rings (SSSR count). The van der Waals surface area contributed by atoms with Gasteiger partial charge in [0.1, 0.15) is 0 Å². The molecule has 0 radical (unpaired) electrons. The summed E-state index contributed by atoms with van der Waals surface area (Å²) in [5, 5.41) is 3.54. The van der Waals surface area contributed by atoms with Crippen molar-refractivity contribution in [2.45, 2.75) is 93.4 Å². The van der Waals surface area contributed by atoms with Crippen LogP contribution in [0.4, 0.5) is 5.69 Å². The van der Waals surface area contributed by atoms with Gasteiger partial charge in [-0.1, -0.05) is 70.4 Å². The van der Waals surface area contributed by atoms with E-state index in [9.17, 15) is 9.59 Å². The number of carbonyl (C=O) groups is 2. The van der Waals surface area contributed by atoms with Crippen LogP contribution in [0.2, 0.25) is 0 Å². The molecule has 1 aromatic carbocycles. The normalized spacial score (nSPS) is 26.7. The Labute approximate surface area is 230 Å². The van der Waals surface area contributed by atoms with Crippen molar-refractivity contribution < 1.29 is 9.59 Å². The second-order valence-corrected chi connectivity index (χ2v) is 12.1. The number of carbonyl (C=O) groups excluding carboxylic acids is 2. The number of unbranched alkanes of at least 4 members (excludes halogenated alkanes) is 3. The van der Waals surface area contributed by atoms with Gasteiger partial charge in [-0.3, -0.25) is 9.59 Å². The molecule has 0 heterocycles. The van der Waals surface area contributed by atoms with Crippen molar-refractivity contribution in [2.24, 2.45) is 29.6 Å². The summed E-state index contributed by atoms with van der Waals surface area (Å²) < 4.78 is 0. The van der Waals surface area contributed by atoms with Crippen LogP contribution >= 0.6 is 0 Å². The van der Waals surface area contributed by atoms with Crippen molar-refractivity contribution in [1.29, 1.82) is 0 Å². The van der Waals surface area contributed by atoms with E-state index in [0.29, 0.717) is 5.92 Å². The van der Waals surface area contributed by atoms with Crippen molar-refractivity contribution in [1.82, 2.24) is 0 Å². The molecule has 38 heavy (non-hydrogen) atoms. The number of ketones is 2. The molecule has 0 saturated heterocycles. The van der Waals surface area contributed by atoms with E-state index in [2.05, 4.69) is 73.0 Å². The van der Waals surface area contributed by atoms with Crippen molar-refractivity contribution in [3.63, 3.8) is 0 Å². The highest BCUT2D eigenvalue weighted by Crippen LogP contribution is 2.55. The number of benzene rings is 1. The van der Waals surface area contributed by atoms with Crippen LogP contribution in [-0.4, -0.2) is 11.6 Å². The molecule has 1 aromatic rings. The first-order valence-electron chi connectivity index (χ1n) is 14.8. The fourth-order valence-electron chi connectivity index (χ4n) is 7.92. The van der Waals surface area contributed by atoms with E-state index < -0.39 is 0 Å². The number of fused-ring (bicyclic) bond motifs is 3. The summed E-state index contributed by atoms with van der Waals surface area (Å²) in [6.45, 7) is 23.4. The summed E-state index contributed by atoms with van der Waals surface area (Å²) in [6.07, 6.45) is 9.36. The zero-order valence-corrected chi connectivity index (χ0v) is 24.7. The number of rotatable bonds is 9. The Morgan fingerprint density at radius 1 is 1.08 bits per heavy atom. The maximum atomic E-state index is 14.4. The molecule has 4 unspecified atom stereocenters. The lowest BCUT2D eigenvalue weighted by atomic mass is 9.52. The fraction of sp³-hybridized carbons (Fsp3) is 0.543. The molecule has 0 amide bonds. The summed E-state index contributed by atoms with van der Waals surface area (Å²) >= 11 is 0. The average Bonchev–Trinajstić information content (AvgIpc) is 2.87. The minimum absolute atomic E-state index is 0.129. The lowest BCUT2D eigenvalue weighted by Gasteiger charge is -2.50. The van der Waals surface area contributed by atoms with Gasteiger partial charge in [-0.15, -0.1) is 0 Å². The number of anilines is 1. The summed E-state index contributed by atoms with van der Waals surface area (Å²) in [5.74, 6) is 1.04. The molecule has 3 heteroatoms. The SMILES string of the molecule is C=CC1=C(C)[C@@H](CC)C2C(C1=O)C(C)=C1C(=O)c3c(C)c(NC(=C)CCCCCC)cc(C)c3CC1C2C. The van der Waals surface area contributed by atoms with Gasteiger partial charge in [0.25, 0.3) is 0 Å². The van der Waals surface area contributed by atoms with Crippen LogP contribution in [-0.2, 0) is 11.2 Å². The van der Waals surface area contributed by atoms with Gasteiger partial charge in [-0.05, 0) is 99.8 Å². The molecule has 0 saturated carbocycles. The van der Waals surface area contributed by atoms with Gasteiger partial charge >= 0.3 is 0 Å². The second kappa shape index (κ2) is 11.2. The van der Waals surface area contributed by atoms with E-state index in [0.717, 1.165) is 64.9 Å². The van der Waals surface area contributed by atoms with Crippen LogP contribution in [0.15, 0.2) is 53.3 Å². The monoisotopic (exact) mass is 513 g/mol. The Hall–Kier alpha value is -2.68. The molecule has 3 nitrogen and oxygen atoms in total. The van der Waals surface area contributed by atoms with Crippen LogP contribution < -0.4 is 5.32 Å². The third-order valence-electron chi connectivity index (χ3n) is 9.98. The first-order chi connectivity index (χ1) is 18.1. The van der Waals surface area contributed by atoms with Crippen LogP contribution in [0.1, 0.15) is 100 Å². The van der Waals surface area contributed by atoms with Crippen molar-refractivity contribution >= 4 is 17.3 Å². The van der Waals surface area contributed by atoms with Crippen LogP contribution in [0.5, 0.6) is 0 Å². The topological polar surface area (TPSA) is 46.2 Å². The highest BCUT2D eigenvalue weighted by Gasteiger charge is 2.52. The van der Waals surface area contributed by atoms with Gasteiger partial charge in [0.15, 0.2) is 11.6 Å². The lowest BCUT2D eigenvalue weighted by molar-refractivity contribution is -0.122. The maximum Gasteiger partial charge on any atom is 0.189 e. The number of allylic oxidation sites excluding steroid dienone is 6. The van der Waals surface area contributed by atoms with Crippen molar-refractivity contribution in [3.8, 4) is 0 Å². The number of hydrogen-bond acceptors (Lipinski definition) is 3. The summed E-state index contributed by atoms with van der Waals surface area (Å²) in [5.41, 5.74) is 10.0. The Bertz CT molecular complexity index is 1240. The van der Waals surface area contributed by atoms with Gasteiger partial charge < -0.3 is 5.32 Å². The van der Waals surface area contributed by atoms with Crippen LogP contribution in [0, 0.1) is 43.4 Å². The van der Waals surface area contributed by atoms with E-state index in [1.54, 1.807) is 6.08 Å². The molecular formula is C35H47NO2. The second-order valence-electron chi connectivity index (χ2n) is 12.1. The highest BCUT2D eigenvalue weighted by molar-refractivity contribution is 6.15. The van der Waals surface area contributed by atoms with Gasteiger partial charge in [0.05, 0.1) is 0 Å². The van der Waals surface area contributed by atoms with E-state index >= 15 is 0 Å². The number of hydrogen-bond donors (Lipinski definition) is 1. The Morgan fingerprint density at radius 2 is 1.79 bits per heavy atom. The zero-order chi connectivity index (χ0) is 27.9. The van der Waals surface area contributed by atoms with Crippen molar-refractivity contribution in [2.75, 3.05) is 5.32 Å². The van der Waals surface area contributed by atoms with E-state index in [1.165, 1.54) is 36.0 Å². The van der Waals surface area contributed by atoms with Crippen LogP contribution in [0.25, 0.3) is 0 Å². The molecule has 0 fully saturated rings. The Morgan fingerprint density at radius 3 is 2.42 bits per heavy atom. The van der Waals surface area contributed by atoms with E-state index in [-0.39, 0.29) is 35.2 Å². The molecule has 3 aliphatic rings. The number of nitrogens with one attached hydrogen (secondary N) is 1. The molecule has 0 aromatic heterocycles. The first-order valence-corrected chi connectivity index (χ1v) is 14.8. The number of aryl methyl sites for hydroxylation is 1. The fourth-order valence-corrected chi connectivity index (χ4v) is 7.92. The van der Waals surface area contributed by atoms with Crippen molar-refractivity contribution in [3.05, 3.63) is 75.5 Å². The number of Topliss-reactive ketones (excluding diaryl/α,β-unsaturated/α-hetero) is 2. The average molecular weight is 514 g/mol. The van der Waals surface area contributed by atoms with Gasteiger partial charge in [-0.2, -0.15) is 0 Å². The Kier molecular flexibility index (Phi) is 8.35. The third kappa shape index (κ3) is 4.56. The predicted octanol–water partition coefficient (Wildman–Crippen LogP) is 8.86. The third-order valence-corrected chi connectivity index (χ3v) is 9.98. The van der Waals surface area contributed by atoms with Gasteiger partial charge in [-0.25, -0.2) is 0 Å². The van der Waals surface area contributed by atoms with Gasteiger partial charge in [0.2, 0.25) is 0 Å². The minimum Gasteiger partial charge on any atom is -0.359 e. The van der Waals surface area contributed by atoms with E-state index in [1.807, 2.05) is 0 Å². The standard InChI is InChI=1S/C35H47NO2/c1-10-13-14-15-16-20(5)36-29-17-19(4)27-18-28-22(7)30-25(11-2)21(6)26(12-3)34(37)33(30)24(9)32(28)35(38)31(27)23(29)8/h12,17,22,25,28,30,33,36H,3,5,10-11,13-16,18H2,1-2,4,6-9H3/t22?,25-,28?,30?,33?/m1/s1. The molecule has 1 N–H and O–H groups in total. The minimum atomic E-state index is -0.228. The largest absolute Gasteiger partial charge is 0.359 e.